The lowest BCUT2D eigenvalue weighted by atomic mass is 10.1. The summed E-state index contributed by atoms with van der Waals surface area (Å²) >= 11 is 0. The number of amides is 1. The summed E-state index contributed by atoms with van der Waals surface area (Å²) in [6.07, 6.45) is 0. The van der Waals surface area contributed by atoms with Crippen LogP contribution in [0.25, 0.3) is 0 Å². The van der Waals surface area contributed by atoms with Crippen LogP contribution in [0.5, 0.6) is 5.75 Å². The molecule has 0 aromatic heterocycles. The summed E-state index contributed by atoms with van der Waals surface area (Å²) in [4.78, 5) is 22.5. The van der Waals surface area contributed by atoms with E-state index in [4.69, 9.17) is 4.74 Å². The van der Waals surface area contributed by atoms with Gasteiger partial charge >= 0.3 is 0 Å². The first-order chi connectivity index (χ1) is 7.54. The van der Waals surface area contributed by atoms with Crippen molar-refractivity contribution in [1.82, 2.24) is 5.32 Å². The Morgan fingerprint density at radius 1 is 1.38 bits per heavy atom. The third kappa shape index (κ3) is 3.08. The van der Waals surface area contributed by atoms with Gasteiger partial charge in [-0.3, -0.25) is 9.59 Å². The van der Waals surface area contributed by atoms with Gasteiger partial charge in [-0.15, -0.1) is 0 Å². The van der Waals surface area contributed by atoms with Crippen LogP contribution >= 0.6 is 0 Å². The molecule has 0 atom stereocenters. The summed E-state index contributed by atoms with van der Waals surface area (Å²) in [7, 11) is 1.51. The molecule has 0 unspecified atom stereocenters. The van der Waals surface area contributed by atoms with E-state index in [2.05, 4.69) is 5.32 Å². The minimum Gasteiger partial charge on any atom is -0.496 e. The van der Waals surface area contributed by atoms with E-state index in [9.17, 15) is 9.59 Å². The molecule has 0 spiro atoms. The quantitative estimate of drug-likeness (QED) is 0.834. The fraction of sp³-hybridized carbons (Fsp3) is 0.333. The van der Waals surface area contributed by atoms with Crippen LogP contribution in [-0.4, -0.2) is 25.3 Å². The lowest BCUT2D eigenvalue weighted by molar-refractivity contribution is -0.116. The molecule has 0 saturated carbocycles. The molecule has 1 aromatic carbocycles. The van der Waals surface area contributed by atoms with Gasteiger partial charge in [-0.05, 0) is 26.0 Å². The Balaban J connectivity index is 2.88. The van der Waals surface area contributed by atoms with Crippen LogP contribution in [0.4, 0.5) is 0 Å². The number of methoxy groups -OCH3 is 1. The van der Waals surface area contributed by atoms with Gasteiger partial charge in [0.2, 0.25) is 0 Å². The number of nitrogens with one attached hydrogen (secondary N) is 1. The topological polar surface area (TPSA) is 55.4 Å². The van der Waals surface area contributed by atoms with Gasteiger partial charge in [0.05, 0.1) is 19.2 Å². The molecular formula is C12H15NO3. The number of Topliss-reactive ketones (excluding diaryl/α,β-unsaturated/α-hetero) is 1. The second-order valence-electron chi connectivity index (χ2n) is 3.59. The first-order valence-corrected chi connectivity index (χ1v) is 4.97. The van der Waals surface area contributed by atoms with E-state index in [1.807, 2.05) is 13.0 Å². The van der Waals surface area contributed by atoms with Crippen molar-refractivity contribution >= 4 is 11.7 Å². The molecule has 0 fully saturated rings. The van der Waals surface area contributed by atoms with E-state index in [1.165, 1.54) is 14.0 Å². The van der Waals surface area contributed by atoms with Crippen molar-refractivity contribution in [2.24, 2.45) is 0 Å². The highest BCUT2D eigenvalue weighted by atomic mass is 16.5. The van der Waals surface area contributed by atoms with Crippen LogP contribution in [0.15, 0.2) is 18.2 Å². The molecule has 1 aromatic rings. The summed E-state index contributed by atoms with van der Waals surface area (Å²) in [5.41, 5.74) is 1.41. The highest BCUT2D eigenvalue weighted by Crippen LogP contribution is 2.19. The minimum atomic E-state index is -0.296. The number of hydrogen-bond donors (Lipinski definition) is 1. The number of aryl methyl sites for hydroxylation is 1. The number of benzene rings is 1. The molecule has 0 heterocycles. The number of ketones is 1. The van der Waals surface area contributed by atoms with E-state index in [1.54, 1.807) is 12.1 Å². The van der Waals surface area contributed by atoms with Gasteiger partial charge in [-0.25, -0.2) is 0 Å². The summed E-state index contributed by atoms with van der Waals surface area (Å²) in [6, 6.07) is 5.33. The van der Waals surface area contributed by atoms with Crippen LogP contribution in [0.1, 0.15) is 22.8 Å². The van der Waals surface area contributed by atoms with E-state index in [0.717, 1.165) is 5.56 Å². The molecule has 4 heteroatoms. The average Bonchev–Trinajstić information content (AvgIpc) is 2.25. The molecule has 0 bridgehead atoms. The smallest absolute Gasteiger partial charge is 0.255 e. The maximum absolute atomic E-state index is 11.7. The van der Waals surface area contributed by atoms with Crippen LogP contribution in [-0.2, 0) is 4.79 Å². The fourth-order valence-corrected chi connectivity index (χ4v) is 1.30. The molecule has 4 nitrogen and oxygen atoms in total. The van der Waals surface area contributed by atoms with Crippen LogP contribution in [0, 0.1) is 6.92 Å². The number of carbonyl (C=O) groups is 2. The van der Waals surface area contributed by atoms with Gasteiger partial charge in [-0.1, -0.05) is 11.6 Å². The maximum atomic E-state index is 11.7. The second kappa shape index (κ2) is 5.30. The van der Waals surface area contributed by atoms with Gasteiger partial charge in [0.15, 0.2) is 0 Å². The van der Waals surface area contributed by atoms with Crippen molar-refractivity contribution in [3.05, 3.63) is 29.3 Å². The van der Waals surface area contributed by atoms with Crippen LogP contribution in [0.3, 0.4) is 0 Å². The zero-order valence-electron chi connectivity index (χ0n) is 9.66. The lowest BCUT2D eigenvalue weighted by Crippen LogP contribution is -2.28. The van der Waals surface area contributed by atoms with Crippen LogP contribution < -0.4 is 10.1 Å². The predicted octanol–water partition coefficient (Wildman–Crippen LogP) is 1.32. The third-order valence-corrected chi connectivity index (χ3v) is 2.10. The highest BCUT2D eigenvalue weighted by molar-refractivity contribution is 5.98. The predicted molar refractivity (Wildman–Crippen MR) is 60.7 cm³/mol. The molecule has 0 aliphatic carbocycles. The molecule has 16 heavy (non-hydrogen) atoms. The van der Waals surface area contributed by atoms with Gasteiger partial charge in [-0.2, -0.15) is 0 Å². The van der Waals surface area contributed by atoms with E-state index in [0.29, 0.717) is 11.3 Å². The maximum Gasteiger partial charge on any atom is 0.255 e. The third-order valence-electron chi connectivity index (χ3n) is 2.10. The summed E-state index contributed by atoms with van der Waals surface area (Å²) in [6.45, 7) is 3.35. The van der Waals surface area contributed by atoms with Gasteiger partial charge < -0.3 is 10.1 Å². The number of hydrogen-bond acceptors (Lipinski definition) is 3. The minimum absolute atomic E-state index is 0.0376. The SMILES string of the molecule is COc1ccc(C)cc1C(=O)NCC(C)=O. The standard InChI is InChI=1S/C12H15NO3/c1-8-4-5-11(16-3)10(6-8)12(15)13-7-9(2)14/h4-6H,7H2,1-3H3,(H,13,15). The van der Waals surface area contributed by atoms with E-state index < -0.39 is 0 Å². The molecule has 0 radical (unpaired) electrons. The molecular weight excluding hydrogens is 206 g/mol. The molecule has 0 saturated heterocycles. The van der Waals surface area contributed by atoms with Gasteiger partial charge in [0, 0.05) is 0 Å². The van der Waals surface area contributed by atoms with E-state index in [-0.39, 0.29) is 18.2 Å². The zero-order valence-corrected chi connectivity index (χ0v) is 9.66. The number of carbonyl (C=O) groups excluding carboxylic acids is 2. The van der Waals surface area contributed by atoms with Crippen molar-refractivity contribution in [2.75, 3.05) is 13.7 Å². The molecule has 1 rings (SSSR count). The Kier molecular flexibility index (Phi) is 4.05. The van der Waals surface area contributed by atoms with Crippen molar-refractivity contribution in [3.8, 4) is 5.75 Å². The number of ether oxygens (including phenoxy) is 1. The fourth-order valence-electron chi connectivity index (χ4n) is 1.30. The Hall–Kier alpha value is -1.84. The second-order valence-corrected chi connectivity index (χ2v) is 3.59. The van der Waals surface area contributed by atoms with Crippen molar-refractivity contribution in [2.45, 2.75) is 13.8 Å². The first kappa shape index (κ1) is 12.2. The molecule has 86 valence electrons. The van der Waals surface area contributed by atoms with Crippen molar-refractivity contribution < 1.29 is 14.3 Å². The van der Waals surface area contributed by atoms with Crippen molar-refractivity contribution in [1.29, 1.82) is 0 Å². The van der Waals surface area contributed by atoms with E-state index >= 15 is 0 Å². The normalized spacial score (nSPS) is 9.69. The van der Waals surface area contributed by atoms with Crippen molar-refractivity contribution in [3.63, 3.8) is 0 Å². The molecule has 0 aliphatic rings. The monoisotopic (exact) mass is 221 g/mol. The van der Waals surface area contributed by atoms with Gasteiger partial charge in [0.1, 0.15) is 11.5 Å². The highest BCUT2D eigenvalue weighted by Gasteiger charge is 2.12. The lowest BCUT2D eigenvalue weighted by Gasteiger charge is -2.09. The Labute approximate surface area is 94.6 Å². The summed E-state index contributed by atoms with van der Waals surface area (Å²) in [5, 5.41) is 2.53. The summed E-state index contributed by atoms with van der Waals surface area (Å²) in [5.74, 6) is 0.127. The Morgan fingerprint density at radius 3 is 2.62 bits per heavy atom. The first-order valence-electron chi connectivity index (χ1n) is 4.97. The number of rotatable bonds is 4. The summed E-state index contributed by atoms with van der Waals surface area (Å²) < 4.78 is 5.08. The van der Waals surface area contributed by atoms with Crippen LogP contribution in [0.2, 0.25) is 0 Å². The molecule has 0 aliphatic heterocycles. The van der Waals surface area contributed by atoms with Gasteiger partial charge in [0.25, 0.3) is 5.91 Å². The largest absolute Gasteiger partial charge is 0.496 e. The zero-order chi connectivity index (χ0) is 12.1. The molecule has 1 N–H and O–H groups in total. The molecule has 1 amide bonds. The average molecular weight is 221 g/mol. The Bertz CT molecular complexity index is 413. The Morgan fingerprint density at radius 2 is 2.06 bits per heavy atom.